The molecule has 32 heavy (non-hydrogen) atoms. The highest BCUT2D eigenvalue weighted by Gasteiger charge is 2.59. The molecule has 0 bridgehead atoms. The highest BCUT2D eigenvalue weighted by atomic mass is 32.2. The minimum absolute atomic E-state index is 0.0142. The Kier molecular flexibility index (Phi) is 5.56. The van der Waals surface area contributed by atoms with Crippen molar-refractivity contribution in [1.82, 2.24) is 4.98 Å². The number of aryl methyl sites for hydroxylation is 1. The summed E-state index contributed by atoms with van der Waals surface area (Å²) in [6, 6.07) is 11.8. The maximum absolute atomic E-state index is 13.6. The number of benzene rings is 1. The lowest BCUT2D eigenvalue weighted by Gasteiger charge is -2.43. The van der Waals surface area contributed by atoms with Crippen LogP contribution < -0.4 is 14.5 Å². The minimum Gasteiger partial charge on any atom is -0.490 e. The summed E-state index contributed by atoms with van der Waals surface area (Å²) in [5.74, 6) is 3.14. The first kappa shape index (κ1) is 21.2. The first-order valence-corrected chi connectivity index (χ1v) is 12.5. The van der Waals surface area contributed by atoms with E-state index < -0.39 is 5.54 Å². The standard InChI is InChI=1S/C24H24N4O2S2/c1-16-13-18(15-26-21(16)14-25)27-22(29)24(9-2-10-24)28(23(27)31)17-3-5-19(6-4-17)30-20-7-11-32-12-8-20/h3-6,13,15,20H,2,7-12H2,1H3. The number of nitrogens with zero attached hydrogens (tertiary/aromatic N) is 4. The number of aromatic nitrogens is 1. The van der Waals surface area contributed by atoms with Crippen molar-refractivity contribution in [3.8, 4) is 11.8 Å². The monoisotopic (exact) mass is 464 g/mol. The van der Waals surface area contributed by atoms with Crippen LogP contribution in [0.1, 0.15) is 43.4 Å². The van der Waals surface area contributed by atoms with E-state index in [1.54, 1.807) is 11.1 Å². The van der Waals surface area contributed by atoms with Crippen molar-refractivity contribution in [3.05, 3.63) is 47.8 Å². The van der Waals surface area contributed by atoms with E-state index in [2.05, 4.69) is 11.1 Å². The second-order valence-electron chi connectivity index (χ2n) is 8.54. The van der Waals surface area contributed by atoms with Gasteiger partial charge in [0.15, 0.2) is 5.11 Å². The van der Waals surface area contributed by atoms with Crippen molar-refractivity contribution in [2.75, 3.05) is 21.3 Å². The molecule has 3 fully saturated rings. The second-order valence-corrected chi connectivity index (χ2v) is 10.1. The molecule has 1 saturated carbocycles. The van der Waals surface area contributed by atoms with Crippen LogP contribution in [0, 0.1) is 18.3 Å². The summed E-state index contributed by atoms with van der Waals surface area (Å²) in [6.07, 6.45) is 6.51. The molecule has 2 aromatic rings. The van der Waals surface area contributed by atoms with Gasteiger partial charge >= 0.3 is 0 Å². The van der Waals surface area contributed by atoms with Gasteiger partial charge in [0.25, 0.3) is 5.91 Å². The van der Waals surface area contributed by atoms with E-state index in [9.17, 15) is 10.1 Å². The summed E-state index contributed by atoms with van der Waals surface area (Å²) in [6.45, 7) is 1.82. The number of hydrogen-bond acceptors (Lipinski definition) is 6. The van der Waals surface area contributed by atoms with Gasteiger partial charge in [-0.2, -0.15) is 17.0 Å². The molecule has 6 nitrogen and oxygen atoms in total. The van der Waals surface area contributed by atoms with E-state index in [-0.39, 0.29) is 12.0 Å². The third-order valence-electron chi connectivity index (χ3n) is 6.59. The molecule has 0 unspecified atom stereocenters. The SMILES string of the molecule is Cc1cc(N2C(=O)C3(CCC3)N(c3ccc(OC4CCSCC4)cc3)C2=S)cnc1C#N. The van der Waals surface area contributed by atoms with Gasteiger partial charge in [-0.15, -0.1) is 0 Å². The Balaban J connectivity index is 1.43. The summed E-state index contributed by atoms with van der Waals surface area (Å²) in [5.41, 5.74) is 1.95. The summed E-state index contributed by atoms with van der Waals surface area (Å²) in [7, 11) is 0. The summed E-state index contributed by atoms with van der Waals surface area (Å²) >= 11 is 7.81. The number of amides is 1. The first-order chi connectivity index (χ1) is 15.5. The molecule has 3 heterocycles. The zero-order valence-electron chi connectivity index (χ0n) is 17.9. The lowest BCUT2D eigenvalue weighted by Crippen LogP contribution is -2.55. The van der Waals surface area contributed by atoms with Crippen LogP contribution in [0.2, 0.25) is 0 Å². The average molecular weight is 465 g/mol. The van der Waals surface area contributed by atoms with Crippen molar-refractivity contribution in [2.45, 2.75) is 50.7 Å². The molecule has 8 heteroatoms. The number of anilines is 2. The van der Waals surface area contributed by atoms with Gasteiger partial charge in [0, 0.05) is 5.69 Å². The third-order valence-corrected chi connectivity index (χ3v) is 8.00. The van der Waals surface area contributed by atoms with Crippen LogP contribution in [0.15, 0.2) is 36.5 Å². The van der Waals surface area contributed by atoms with Crippen molar-refractivity contribution in [1.29, 1.82) is 5.26 Å². The number of hydrogen-bond donors (Lipinski definition) is 0. The number of carbonyl (C=O) groups excluding carboxylic acids is 1. The maximum Gasteiger partial charge on any atom is 0.259 e. The molecule has 1 aliphatic carbocycles. The lowest BCUT2D eigenvalue weighted by molar-refractivity contribution is -0.123. The van der Waals surface area contributed by atoms with Gasteiger partial charge in [-0.05, 0) is 98.6 Å². The van der Waals surface area contributed by atoms with Crippen LogP contribution >= 0.6 is 24.0 Å². The van der Waals surface area contributed by atoms with Crippen LogP contribution in [-0.2, 0) is 4.79 Å². The largest absolute Gasteiger partial charge is 0.490 e. The van der Waals surface area contributed by atoms with Crippen LogP contribution in [-0.4, -0.2) is 39.2 Å². The van der Waals surface area contributed by atoms with E-state index in [0.29, 0.717) is 16.5 Å². The molecular formula is C24H24N4O2S2. The Morgan fingerprint density at radius 3 is 2.53 bits per heavy atom. The summed E-state index contributed by atoms with van der Waals surface area (Å²) < 4.78 is 6.16. The molecule has 2 aliphatic heterocycles. The number of pyridine rings is 1. The average Bonchev–Trinajstić information content (AvgIpc) is 3.02. The van der Waals surface area contributed by atoms with Crippen LogP contribution in [0.3, 0.4) is 0 Å². The second kappa shape index (κ2) is 8.38. The van der Waals surface area contributed by atoms with Crippen molar-refractivity contribution in [2.24, 2.45) is 0 Å². The molecule has 164 valence electrons. The topological polar surface area (TPSA) is 69.5 Å². The number of rotatable bonds is 4. The van der Waals surface area contributed by atoms with Gasteiger partial charge in [0.2, 0.25) is 0 Å². The highest BCUT2D eigenvalue weighted by Crippen LogP contribution is 2.48. The van der Waals surface area contributed by atoms with Gasteiger partial charge in [0.1, 0.15) is 29.2 Å². The van der Waals surface area contributed by atoms with Gasteiger partial charge in [-0.25, -0.2) is 4.98 Å². The van der Waals surface area contributed by atoms with Crippen molar-refractivity contribution >= 4 is 46.4 Å². The Bertz CT molecular complexity index is 1100. The van der Waals surface area contributed by atoms with Crippen LogP contribution in [0.25, 0.3) is 0 Å². The Morgan fingerprint density at radius 1 is 1.22 bits per heavy atom. The Labute approximate surface area is 197 Å². The van der Waals surface area contributed by atoms with E-state index >= 15 is 0 Å². The quantitative estimate of drug-likeness (QED) is 0.613. The molecule has 1 aromatic heterocycles. The minimum atomic E-state index is -0.637. The molecule has 1 spiro atoms. The van der Waals surface area contributed by atoms with E-state index in [1.165, 1.54) is 0 Å². The third kappa shape index (κ3) is 3.44. The smallest absolute Gasteiger partial charge is 0.259 e. The van der Waals surface area contributed by atoms with Gasteiger partial charge in [-0.3, -0.25) is 9.69 Å². The van der Waals surface area contributed by atoms with Crippen molar-refractivity contribution in [3.63, 3.8) is 0 Å². The molecule has 1 aromatic carbocycles. The zero-order chi connectivity index (χ0) is 22.3. The van der Waals surface area contributed by atoms with Gasteiger partial charge < -0.3 is 9.64 Å². The highest BCUT2D eigenvalue weighted by molar-refractivity contribution is 7.99. The maximum atomic E-state index is 13.6. The van der Waals surface area contributed by atoms with E-state index in [4.69, 9.17) is 17.0 Å². The number of thioether (sulfide) groups is 1. The number of ether oxygens (including phenoxy) is 1. The van der Waals surface area contributed by atoms with E-state index in [1.807, 2.05) is 53.9 Å². The molecule has 0 atom stereocenters. The Hall–Kier alpha value is -2.63. The summed E-state index contributed by atoms with van der Waals surface area (Å²) in [4.78, 5) is 21.4. The fourth-order valence-electron chi connectivity index (χ4n) is 4.67. The van der Waals surface area contributed by atoms with Gasteiger partial charge in [0.05, 0.1) is 11.9 Å². The van der Waals surface area contributed by atoms with Crippen LogP contribution in [0.5, 0.6) is 5.75 Å². The predicted molar refractivity (Wildman–Crippen MR) is 130 cm³/mol. The molecule has 5 rings (SSSR count). The molecule has 3 aliphatic rings. The van der Waals surface area contributed by atoms with Crippen LogP contribution in [0.4, 0.5) is 11.4 Å². The Morgan fingerprint density at radius 2 is 1.94 bits per heavy atom. The van der Waals surface area contributed by atoms with E-state index in [0.717, 1.165) is 60.6 Å². The molecule has 1 amide bonds. The lowest BCUT2D eigenvalue weighted by atomic mass is 9.75. The fraction of sp³-hybridized carbons (Fsp3) is 0.417. The number of carbonyl (C=O) groups is 1. The predicted octanol–water partition coefficient (Wildman–Crippen LogP) is 4.60. The zero-order valence-corrected chi connectivity index (χ0v) is 19.5. The molecule has 2 saturated heterocycles. The molecular weight excluding hydrogens is 440 g/mol. The molecule has 0 radical (unpaired) electrons. The first-order valence-electron chi connectivity index (χ1n) is 10.9. The van der Waals surface area contributed by atoms with Gasteiger partial charge in [-0.1, -0.05) is 0 Å². The van der Waals surface area contributed by atoms with Crippen molar-refractivity contribution < 1.29 is 9.53 Å². The number of nitriles is 1. The normalized spacial score (nSPS) is 20.4. The summed E-state index contributed by atoms with van der Waals surface area (Å²) in [5, 5.41) is 9.64. The number of thiocarbonyl (C=S) groups is 1. The fourth-order valence-corrected chi connectivity index (χ4v) is 6.20. The molecule has 0 N–H and O–H groups in total.